The van der Waals surface area contributed by atoms with Crippen LogP contribution in [0.1, 0.15) is 10.4 Å². The zero-order chi connectivity index (χ0) is 22.1. The zero-order valence-corrected chi connectivity index (χ0v) is 18.5. The quantitative estimate of drug-likeness (QED) is 0.513. The Morgan fingerprint density at radius 1 is 0.968 bits per heavy atom. The summed E-state index contributed by atoms with van der Waals surface area (Å²) in [4.78, 5) is 20.4. The van der Waals surface area contributed by atoms with E-state index >= 15 is 0 Å². The van der Waals surface area contributed by atoms with Gasteiger partial charge in [-0.1, -0.05) is 18.2 Å². The number of amides is 1. The number of benzene rings is 2. The summed E-state index contributed by atoms with van der Waals surface area (Å²) in [5, 5.41) is 4.51. The van der Waals surface area contributed by atoms with Crippen LogP contribution >= 0.6 is 0 Å². The highest BCUT2D eigenvalue weighted by Crippen LogP contribution is 2.32. The molecule has 6 nitrogen and oxygen atoms in total. The molecule has 31 heavy (non-hydrogen) atoms. The first kappa shape index (κ1) is 20.5. The van der Waals surface area contributed by atoms with Gasteiger partial charge in [0, 0.05) is 69.5 Å². The first-order chi connectivity index (χ1) is 14.8. The molecule has 6 heteroatoms. The third-order valence-electron chi connectivity index (χ3n) is 5.43. The number of nitrogens with one attached hydrogen (secondary N) is 1. The van der Waals surface area contributed by atoms with Crippen LogP contribution in [0.2, 0.25) is 0 Å². The predicted octanol–water partition coefficient (Wildman–Crippen LogP) is 4.75. The van der Waals surface area contributed by atoms with Crippen LogP contribution in [0, 0.1) is 0 Å². The van der Waals surface area contributed by atoms with Crippen LogP contribution in [-0.2, 0) is 7.05 Å². The minimum absolute atomic E-state index is 0.000710. The van der Waals surface area contributed by atoms with Crippen molar-refractivity contribution < 1.29 is 4.79 Å². The van der Waals surface area contributed by atoms with Gasteiger partial charge in [0.1, 0.15) is 5.82 Å². The van der Waals surface area contributed by atoms with Gasteiger partial charge in [0.05, 0.1) is 5.52 Å². The molecule has 0 aliphatic rings. The molecule has 158 valence electrons. The van der Waals surface area contributed by atoms with E-state index in [0.717, 1.165) is 39.4 Å². The molecule has 0 aliphatic heterocycles. The minimum atomic E-state index is -0.000710. The van der Waals surface area contributed by atoms with Gasteiger partial charge in [-0.15, -0.1) is 0 Å². The molecule has 2 aromatic carbocycles. The number of fused-ring (bicyclic) bond motifs is 1. The number of carbonyl (C=O) groups is 1. The number of pyridine rings is 1. The van der Waals surface area contributed by atoms with E-state index in [2.05, 4.69) is 38.0 Å². The fraction of sp³-hybridized carbons (Fsp3) is 0.200. The minimum Gasteiger partial charge on any atom is -0.378 e. The highest BCUT2D eigenvalue weighted by molar-refractivity contribution is 5.97. The van der Waals surface area contributed by atoms with Crippen LogP contribution in [0.3, 0.4) is 0 Å². The fourth-order valence-corrected chi connectivity index (χ4v) is 3.68. The third-order valence-corrected chi connectivity index (χ3v) is 5.43. The van der Waals surface area contributed by atoms with E-state index < -0.39 is 0 Å². The Kier molecular flexibility index (Phi) is 5.38. The number of rotatable bonds is 5. The zero-order valence-electron chi connectivity index (χ0n) is 18.5. The van der Waals surface area contributed by atoms with Gasteiger partial charge in [-0.3, -0.25) is 4.79 Å². The summed E-state index contributed by atoms with van der Waals surface area (Å²) in [7, 11) is 9.62. The van der Waals surface area contributed by atoms with Crippen molar-refractivity contribution in [2.75, 3.05) is 38.4 Å². The Morgan fingerprint density at radius 3 is 2.39 bits per heavy atom. The number of hydrogen-bond acceptors (Lipinski definition) is 4. The average Bonchev–Trinajstić information content (AvgIpc) is 3.11. The van der Waals surface area contributed by atoms with Crippen molar-refractivity contribution in [2.45, 2.75) is 0 Å². The molecule has 0 atom stereocenters. The molecule has 0 bridgehead atoms. The molecule has 4 aromatic rings. The Morgan fingerprint density at radius 2 is 1.71 bits per heavy atom. The Bertz CT molecular complexity index is 1240. The van der Waals surface area contributed by atoms with Gasteiger partial charge < -0.3 is 19.7 Å². The number of aryl methyl sites for hydroxylation is 1. The molecule has 0 spiro atoms. The average molecular weight is 414 g/mol. The molecule has 0 saturated heterocycles. The molecule has 0 saturated carbocycles. The van der Waals surface area contributed by atoms with E-state index in [-0.39, 0.29) is 5.91 Å². The Labute approximate surface area is 182 Å². The molecular formula is C25H27N5O. The topological polar surface area (TPSA) is 53.4 Å². The van der Waals surface area contributed by atoms with Crippen molar-refractivity contribution in [2.24, 2.45) is 7.05 Å². The molecule has 1 N–H and O–H groups in total. The maximum absolute atomic E-state index is 12.2. The maximum atomic E-state index is 12.2. The molecule has 0 unspecified atom stereocenters. The second-order valence-electron chi connectivity index (χ2n) is 8.03. The molecule has 0 radical (unpaired) electrons. The van der Waals surface area contributed by atoms with Crippen molar-refractivity contribution >= 4 is 34.0 Å². The highest BCUT2D eigenvalue weighted by Gasteiger charge is 2.14. The van der Waals surface area contributed by atoms with E-state index in [1.165, 1.54) is 0 Å². The monoisotopic (exact) mass is 413 g/mol. The van der Waals surface area contributed by atoms with Crippen LogP contribution in [0.4, 0.5) is 17.2 Å². The van der Waals surface area contributed by atoms with Crippen LogP contribution in [0.5, 0.6) is 0 Å². The van der Waals surface area contributed by atoms with E-state index in [9.17, 15) is 4.79 Å². The normalized spacial score (nSPS) is 10.9. The largest absolute Gasteiger partial charge is 0.378 e. The van der Waals surface area contributed by atoms with Crippen LogP contribution in [0.25, 0.3) is 22.2 Å². The molecule has 1 amide bonds. The summed E-state index contributed by atoms with van der Waals surface area (Å²) >= 11 is 0. The van der Waals surface area contributed by atoms with E-state index in [4.69, 9.17) is 0 Å². The van der Waals surface area contributed by atoms with Crippen LogP contribution in [-0.4, -0.2) is 48.5 Å². The number of hydrogen-bond donors (Lipinski definition) is 1. The van der Waals surface area contributed by atoms with Crippen molar-refractivity contribution in [1.82, 2.24) is 14.5 Å². The SMILES string of the molecule is CN(C)C(=O)c1ccc(-c2cc3c(Nc4cccc(N(C)C)c4)nccc3n2C)cc1. The van der Waals surface area contributed by atoms with Crippen LogP contribution < -0.4 is 10.2 Å². The highest BCUT2D eigenvalue weighted by atomic mass is 16.2. The second kappa shape index (κ2) is 8.14. The van der Waals surface area contributed by atoms with E-state index in [0.29, 0.717) is 5.56 Å². The number of anilines is 3. The van der Waals surface area contributed by atoms with Gasteiger partial charge in [-0.25, -0.2) is 4.98 Å². The first-order valence-electron chi connectivity index (χ1n) is 10.2. The van der Waals surface area contributed by atoms with Gasteiger partial charge >= 0.3 is 0 Å². The number of nitrogens with zero attached hydrogens (tertiary/aromatic N) is 4. The number of carbonyl (C=O) groups excluding carboxylic acids is 1. The third kappa shape index (κ3) is 3.97. The van der Waals surface area contributed by atoms with Gasteiger partial charge in [-0.05, 0) is 48.0 Å². The maximum Gasteiger partial charge on any atom is 0.253 e. The molecular weight excluding hydrogens is 386 g/mol. The lowest BCUT2D eigenvalue weighted by atomic mass is 10.1. The molecule has 2 heterocycles. The summed E-state index contributed by atoms with van der Waals surface area (Å²) in [6.07, 6.45) is 1.82. The van der Waals surface area contributed by atoms with Crippen molar-refractivity contribution in [3.8, 4) is 11.3 Å². The van der Waals surface area contributed by atoms with E-state index in [1.54, 1.807) is 19.0 Å². The summed E-state index contributed by atoms with van der Waals surface area (Å²) in [6, 6.07) is 20.1. The molecule has 0 aliphatic carbocycles. The van der Waals surface area contributed by atoms with Crippen molar-refractivity contribution in [3.63, 3.8) is 0 Å². The summed E-state index contributed by atoms with van der Waals surface area (Å²) in [5.74, 6) is 0.814. The van der Waals surface area contributed by atoms with Crippen molar-refractivity contribution in [3.05, 3.63) is 72.4 Å². The summed E-state index contributed by atoms with van der Waals surface area (Å²) < 4.78 is 2.15. The lowest BCUT2D eigenvalue weighted by Gasteiger charge is -2.14. The lowest BCUT2D eigenvalue weighted by molar-refractivity contribution is 0.0827. The standard InChI is InChI=1S/C25H27N5O/c1-28(2)20-8-6-7-19(15-20)27-24-21-16-23(30(5)22(21)13-14-26-24)17-9-11-18(12-10-17)25(31)29(3)4/h6-16H,1-5H3,(H,26,27). The summed E-state index contributed by atoms with van der Waals surface area (Å²) in [6.45, 7) is 0. The van der Waals surface area contributed by atoms with Gasteiger partial charge in [-0.2, -0.15) is 0 Å². The molecule has 4 rings (SSSR count). The lowest BCUT2D eigenvalue weighted by Crippen LogP contribution is -2.21. The first-order valence-corrected chi connectivity index (χ1v) is 10.2. The second-order valence-corrected chi connectivity index (χ2v) is 8.03. The van der Waals surface area contributed by atoms with E-state index in [1.807, 2.05) is 69.8 Å². The van der Waals surface area contributed by atoms with Gasteiger partial charge in [0.2, 0.25) is 0 Å². The number of aromatic nitrogens is 2. The van der Waals surface area contributed by atoms with Gasteiger partial charge in [0.15, 0.2) is 0 Å². The van der Waals surface area contributed by atoms with Gasteiger partial charge in [0.25, 0.3) is 5.91 Å². The predicted molar refractivity (Wildman–Crippen MR) is 128 cm³/mol. The van der Waals surface area contributed by atoms with Crippen molar-refractivity contribution in [1.29, 1.82) is 0 Å². The fourth-order valence-electron chi connectivity index (χ4n) is 3.68. The van der Waals surface area contributed by atoms with Crippen LogP contribution in [0.15, 0.2) is 66.9 Å². The Balaban J connectivity index is 1.71. The summed E-state index contributed by atoms with van der Waals surface area (Å²) in [5.41, 5.74) is 6.00. The molecule has 2 aromatic heterocycles. The smallest absolute Gasteiger partial charge is 0.253 e. The Hall–Kier alpha value is -3.80. The molecule has 0 fully saturated rings.